The van der Waals surface area contributed by atoms with E-state index < -0.39 is 0 Å². The Kier molecular flexibility index (Phi) is 2.25. The van der Waals surface area contributed by atoms with Crippen molar-refractivity contribution in [3.8, 4) is 0 Å². The summed E-state index contributed by atoms with van der Waals surface area (Å²) < 4.78 is 4.91. The number of benzene rings is 1. The molecule has 0 unspecified atom stereocenters. The Morgan fingerprint density at radius 2 is 2.29 bits per heavy atom. The maximum atomic E-state index is 11.2. The molecule has 0 spiro atoms. The van der Waals surface area contributed by atoms with Crippen LogP contribution in [-0.2, 0) is 17.8 Å². The monoisotopic (exact) mass is 192 g/mol. The minimum atomic E-state index is -0.237. The zero-order chi connectivity index (χ0) is 10.1. The van der Waals surface area contributed by atoms with Gasteiger partial charge in [0.1, 0.15) is 6.61 Å². The molecule has 2 rings (SSSR count). The van der Waals surface area contributed by atoms with Crippen molar-refractivity contribution in [3.63, 3.8) is 0 Å². The van der Waals surface area contributed by atoms with Gasteiger partial charge in [-0.3, -0.25) is 0 Å². The van der Waals surface area contributed by atoms with Crippen molar-refractivity contribution >= 4 is 5.97 Å². The van der Waals surface area contributed by atoms with Crippen LogP contribution in [0.3, 0.4) is 0 Å². The highest BCUT2D eigenvalue weighted by Crippen LogP contribution is 2.23. The van der Waals surface area contributed by atoms with E-state index in [-0.39, 0.29) is 12.6 Å². The van der Waals surface area contributed by atoms with Crippen molar-refractivity contribution in [3.05, 3.63) is 34.4 Å². The molecule has 1 aromatic carbocycles. The average molecular weight is 192 g/mol. The third kappa shape index (κ3) is 1.40. The molecule has 1 heterocycles. The molecule has 0 aromatic heterocycles. The normalized spacial score (nSPS) is 14.0. The molecule has 1 aliphatic heterocycles. The first kappa shape index (κ1) is 9.21. The SMILES string of the molecule is Cc1cc2c(cc1CCO)COC2=O. The lowest BCUT2D eigenvalue weighted by Crippen LogP contribution is -1.99. The summed E-state index contributed by atoms with van der Waals surface area (Å²) in [5, 5.41) is 8.85. The van der Waals surface area contributed by atoms with E-state index in [4.69, 9.17) is 9.84 Å². The van der Waals surface area contributed by atoms with Gasteiger partial charge in [-0.1, -0.05) is 6.07 Å². The van der Waals surface area contributed by atoms with Gasteiger partial charge in [-0.15, -0.1) is 0 Å². The minimum Gasteiger partial charge on any atom is -0.457 e. The summed E-state index contributed by atoms with van der Waals surface area (Å²) in [5.74, 6) is -0.237. The zero-order valence-electron chi connectivity index (χ0n) is 8.04. The van der Waals surface area contributed by atoms with Gasteiger partial charge in [-0.05, 0) is 30.5 Å². The Labute approximate surface area is 82.3 Å². The molecule has 0 amide bonds. The molecule has 74 valence electrons. The molecule has 1 N–H and O–H groups in total. The predicted octanol–water partition coefficient (Wildman–Crippen LogP) is 1.20. The number of carbonyl (C=O) groups excluding carboxylic acids is 1. The van der Waals surface area contributed by atoms with Crippen LogP contribution in [0.1, 0.15) is 27.0 Å². The molecule has 0 aliphatic carbocycles. The van der Waals surface area contributed by atoms with Gasteiger partial charge in [0.15, 0.2) is 0 Å². The zero-order valence-corrected chi connectivity index (χ0v) is 8.04. The number of ether oxygens (including phenoxy) is 1. The highest BCUT2D eigenvalue weighted by atomic mass is 16.5. The summed E-state index contributed by atoms with van der Waals surface area (Å²) in [6.45, 7) is 2.44. The maximum Gasteiger partial charge on any atom is 0.338 e. The predicted molar refractivity (Wildman–Crippen MR) is 51.1 cm³/mol. The standard InChI is InChI=1S/C11H12O3/c1-7-4-10-9(6-14-11(10)13)5-8(7)2-3-12/h4-5,12H,2-3,6H2,1H3. The number of esters is 1. The van der Waals surface area contributed by atoms with Crippen molar-refractivity contribution in [2.75, 3.05) is 6.61 Å². The first-order chi connectivity index (χ1) is 6.72. The van der Waals surface area contributed by atoms with Gasteiger partial charge < -0.3 is 9.84 Å². The number of hydrogen-bond acceptors (Lipinski definition) is 3. The molecule has 3 heteroatoms. The van der Waals surface area contributed by atoms with Crippen LogP contribution < -0.4 is 0 Å². The summed E-state index contributed by atoms with van der Waals surface area (Å²) >= 11 is 0. The summed E-state index contributed by atoms with van der Waals surface area (Å²) in [5.41, 5.74) is 3.73. The van der Waals surface area contributed by atoms with E-state index in [0.29, 0.717) is 18.6 Å². The molecule has 0 saturated carbocycles. The first-order valence-electron chi connectivity index (χ1n) is 4.62. The summed E-state index contributed by atoms with van der Waals surface area (Å²) in [7, 11) is 0. The number of aliphatic hydroxyl groups excluding tert-OH is 1. The quantitative estimate of drug-likeness (QED) is 0.716. The summed E-state index contributed by atoms with van der Waals surface area (Å²) in [4.78, 5) is 11.2. The fourth-order valence-corrected chi connectivity index (χ4v) is 1.72. The van der Waals surface area contributed by atoms with Gasteiger partial charge in [0.05, 0.1) is 5.56 Å². The van der Waals surface area contributed by atoms with E-state index in [9.17, 15) is 4.79 Å². The second-order valence-electron chi connectivity index (χ2n) is 3.49. The largest absolute Gasteiger partial charge is 0.457 e. The van der Waals surface area contributed by atoms with Crippen LogP contribution in [0.25, 0.3) is 0 Å². The summed E-state index contributed by atoms with van der Waals surface area (Å²) in [6.07, 6.45) is 0.632. The van der Waals surface area contributed by atoms with Gasteiger partial charge in [-0.25, -0.2) is 4.79 Å². The molecule has 0 fully saturated rings. The molecule has 1 aliphatic rings. The minimum absolute atomic E-state index is 0.133. The molecule has 0 saturated heterocycles. The first-order valence-corrected chi connectivity index (χ1v) is 4.62. The third-order valence-electron chi connectivity index (χ3n) is 2.52. The highest BCUT2D eigenvalue weighted by molar-refractivity contribution is 5.93. The number of aryl methyl sites for hydroxylation is 1. The number of aliphatic hydroxyl groups is 1. The maximum absolute atomic E-state index is 11.2. The van der Waals surface area contributed by atoms with Crippen LogP contribution in [-0.4, -0.2) is 17.7 Å². The van der Waals surface area contributed by atoms with Gasteiger partial charge in [0.2, 0.25) is 0 Å². The van der Waals surface area contributed by atoms with Crippen molar-refractivity contribution in [2.24, 2.45) is 0 Å². The second-order valence-corrected chi connectivity index (χ2v) is 3.49. The molecule has 14 heavy (non-hydrogen) atoms. The fourth-order valence-electron chi connectivity index (χ4n) is 1.72. The van der Waals surface area contributed by atoms with Crippen molar-refractivity contribution < 1.29 is 14.6 Å². The third-order valence-corrected chi connectivity index (χ3v) is 2.52. The smallest absolute Gasteiger partial charge is 0.338 e. The van der Waals surface area contributed by atoms with Crippen LogP contribution in [0.5, 0.6) is 0 Å². The Bertz CT molecular complexity index is 382. The molecule has 3 nitrogen and oxygen atoms in total. The lowest BCUT2D eigenvalue weighted by atomic mass is 9.99. The van der Waals surface area contributed by atoms with E-state index in [2.05, 4.69) is 0 Å². The number of rotatable bonds is 2. The van der Waals surface area contributed by atoms with Crippen molar-refractivity contribution in [1.29, 1.82) is 0 Å². The van der Waals surface area contributed by atoms with E-state index in [1.807, 2.05) is 19.1 Å². The van der Waals surface area contributed by atoms with Crippen LogP contribution in [0, 0.1) is 6.92 Å². The highest BCUT2D eigenvalue weighted by Gasteiger charge is 2.21. The van der Waals surface area contributed by atoms with E-state index in [1.54, 1.807) is 0 Å². The van der Waals surface area contributed by atoms with E-state index in [0.717, 1.165) is 16.7 Å². The Balaban J connectivity index is 2.44. The van der Waals surface area contributed by atoms with Crippen LogP contribution in [0.2, 0.25) is 0 Å². The lowest BCUT2D eigenvalue weighted by Gasteiger charge is -2.05. The number of hydrogen-bond donors (Lipinski definition) is 1. The van der Waals surface area contributed by atoms with Crippen molar-refractivity contribution in [2.45, 2.75) is 20.0 Å². The van der Waals surface area contributed by atoms with E-state index >= 15 is 0 Å². The molecule has 0 atom stereocenters. The van der Waals surface area contributed by atoms with E-state index in [1.165, 1.54) is 0 Å². The molecule has 0 bridgehead atoms. The number of carbonyl (C=O) groups is 1. The van der Waals surface area contributed by atoms with Crippen molar-refractivity contribution in [1.82, 2.24) is 0 Å². The second kappa shape index (κ2) is 3.42. The van der Waals surface area contributed by atoms with Crippen LogP contribution in [0.4, 0.5) is 0 Å². The Morgan fingerprint density at radius 1 is 1.50 bits per heavy atom. The Hall–Kier alpha value is -1.35. The molecular weight excluding hydrogens is 180 g/mol. The molecule has 1 aromatic rings. The number of cyclic esters (lactones) is 1. The topological polar surface area (TPSA) is 46.5 Å². The molecular formula is C11H12O3. The van der Waals surface area contributed by atoms with Gasteiger partial charge >= 0.3 is 5.97 Å². The van der Waals surface area contributed by atoms with Crippen LogP contribution in [0.15, 0.2) is 12.1 Å². The summed E-state index contributed by atoms with van der Waals surface area (Å²) in [6, 6.07) is 3.79. The van der Waals surface area contributed by atoms with Crippen LogP contribution >= 0.6 is 0 Å². The van der Waals surface area contributed by atoms with Gasteiger partial charge in [-0.2, -0.15) is 0 Å². The Morgan fingerprint density at radius 3 is 3.00 bits per heavy atom. The number of fused-ring (bicyclic) bond motifs is 1. The average Bonchev–Trinajstić information content (AvgIpc) is 2.50. The van der Waals surface area contributed by atoms with Gasteiger partial charge in [0.25, 0.3) is 0 Å². The lowest BCUT2D eigenvalue weighted by molar-refractivity contribution is 0.0535. The van der Waals surface area contributed by atoms with Gasteiger partial charge in [0, 0.05) is 12.2 Å². The fraction of sp³-hybridized carbons (Fsp3) is 0.364. The molecule has 0 radical (unpaired) electrons.